The van der Waals surface area contributed by atoms with Crippen LogP contribution in [0.5, 0.6) is 0 Å². The van der Waals surface area contributed by atoms with Gasteiger partial charge in [0.05, 0.1) is 9.88 Å². The molecule has 1 unspecified atom stereocenters. The maximum atomic E-state index is 12.5. The Hall–Kier alpha value is -0.980. The molecule has 0 aliphatic heterocycles. The Morgan fingerprint density at radius 1 is 1.35 bits per heavy atom. The van der Waals surface area contributed by atoms with Gasteiger partial charge < -0.3 is 5.73 Å². The molecule has 112 valence electrons. The summed E-state index contributed by atoms with van der Waals surface area (Å²) >= 11 is 4.83. The van der Waals surface area contributed by atoms with Crippen LogP contribution in [0.1, 0.15) is 32.3 Å². The van der Waals surface area contributed by atoms with E-state index in [1.165, 1.54) is 4.31 Å². The Morgan fingerprint density at radius 3 is 2.35 bits per heavy atom. The summed E-state index contributed by atoms with van der Waals surface area (Å²) in [6.45, 7) is 3.89. The van der Waals surface area contributed by atoms with Gasteiger partial charge in [-0.1, -0.05) is 37.7 Å². The first-order valence-corrected chi connectivity index (χ1v) is 8.49. The summed E-state index contributed by atoms with van der Waals surface area (Å²) < 4.78 is 26.3. The second-order valence-electron chi connectivity index (χ2n) is 4.93. The molecule has 20 heavy (non-hydrogen) atoms. The molecule has 0 fully saturated rings. The van der Waals surface area contributed by atoms with Gasteiger partial charge in [0.2, 0.25) is 10.0 Å². The molecule has 0 aromatic heterocycles. The molecule has 1 rings (SSSR count). The summed E-state index contributed by atoms with van der Waals surface area (Å²) in [6.07, 6.45) is 2.37. The van der Waals surface area contributed by atoms with Gasteiger partial charge in [-0.2, -0.15) is 4.31 Å². The maximum Gasteiger partial charge on any atom is 0.243 e. The highest BCUT2D eigenvalue weighted by Gasteiger charge is 2.25. The first kappa shape index (κ1) is 17.1. The van der Waals surface area contributed by atoms with E-state index in [1.54, 1.807) is 26.1 Å². The molecular formula is C14H22N2O2S2. The predicted molar refractivity (Wildman–Crippen MR) is 86.3 cm³/mol. The van der Waals surface area contributed by atoms with Gasteiger partial charge in [-0.25, -0.2) is 8.42 Å². The van der Waals surface area contributed by atoms with Crippen molar-refractivity contribution in [2.75, 3.05) is 7.05 Å². The number of aryl methyl sites for hydroxylation is 1. The average molecular weight is 314 g/mol. The molecule has 4 nitrogen and oxygen atoms in total. The van der Waals surface area contributed by atoms with Crippen LogP contribution in [0.4, 0.5) is 0 Å². The monoisotopic (exact) mass is 314 g/mol. The van der Waals surface area contributed by atoms with Crippen molar-refractivity contribution in [1.29, 1.82) is 0 Å². The molecule has 1 aromatic rings. The third-order valence-electron chi connectivity index (χ3n) is 3.26. The number of hydrogen-bond donors (Lipinski definition) is 1. The van der Waals surface area contributed by atoms with Crippen LogP contribution in [0.3, 0.4) is 0 Å². The third-order valence-corrected chi connectivity index (χ3v) is 5.41. The smallest absolute Gasteiger partial charge is 0.243 e. The van der Waals surface area contributed by atoms with Crippen LogP contribution < -0.4 is 5.73 Å². The summed E-state index contributed by atoms with van der Waals surface area (Å²) in [5.41, 5.74) is 6.62. The molecule has 0 heterocycles. The van der Waals surface area contributed by atoms with Crippen LogP contribution in [0.2, 0.25) is 0 Å². The normalized spacial score (nSPS) is 13.4. The largest absolute Gasteiger partial charge is 0.393 e. The summed E-state index contributed by atoms with van der Waals surface area (Å²) in [6, 6.07) is 6.78. The lowest BCUT2D eigenvalue weighted by Crippen LogP contribution is -2.37. The van der Waals surface area contributed by atoms with Gasteiger partial charge in [0, 0.05) is 19.5 Å². The fraction of sp³-hybridized carbons (Fsp3) is 0.500. The van der Waals surface area contributed by atoms with E-state index in [2.05, 4.69) is 6.92 Å². The molecule has 0 aliphatic carbocycles. The minimum absolute atomic E-state index is 0.257. The highest BCUT2D eigenvalue weighted by atomic mass is 32.2. The van der Waals surface area contributed by atoms with Crippen LogP contribution in [-0.4, -0.2) is 30.8 Å². The fourth-order valence-corrected chi connectivity index (χ4v) is 3.54. The molecule has 0 aliphatic rings. The molecule has 0 amide bonds. The van der Waals surface area contributed by atoms with Gasteiger partial charge in [-0.05, 0) is 31.0 Å². The van der Waals surface area contributed by atoms with E-state index in [0.29, 0.717) is 16.3 Å². The summed E-state index contributed by atoms with van der Waals surface area (Å²) in [7, 11) is -1.94. The van der Waals surface area contributed by atoms with Gasteiger partial charge >= 0.3 is 0 Å². The Morgan fingerprint density at radius 2 is 1.90 bits per heavy atom. The SMILES string of the molecule is CCCc1ccc(S(=O)(=O)N(C)C(C)CC(N)=S)cc1. The highest BCUT2D eigenvalue weighted by Crippen LogP contribution is 2.19. The van der Waals surface area contributed by atoms with Crippen molar-refractivity contribution < 1.29 is 8.42 Å². The molecule has 1 aromatic carbocycles. The van der Waals surface area contributed by atoms with Crippen LogP contribution in [0.25, 0.3) is 0 Å². The van der Waals surface area contributed by atoms with Crippen LogP contribution in [0.15, 0.2) is 29.2 Å². The lowest BCUT2D eigenvalue weighted by molar-refractivity contribution is 0.397. The minimum atomic E-state index is -3.50. The van der Waals surface area contributed by atoms with Crippen LogP contribution in [0, 0.1) is 0 Å². The second kappa shape index (κ2) is 7.15. The lowest BCUT2D eigenvalue weighted by Gasteiger charge is -2.24. The van der Waals surface area contributed by atoms with Gasteiger partial charge in [-0.3, -0.25) is 0 Å². The molecule has 0 saturated heterocycles. The predicted octanol–water partition coefficient (Wildman–Crippen LogP) is 2.32. The summed E-state index contributed by atoms with van der Waals surface area (Å²) in [5, 5.41) is 0. The van der Waals surface area contributed by atoms with Crippen molar-refractivity contribution in [2.45, 2.75) is 44.0 Å². The summed E-state index contributed by atoms with van der Waals surface area (Å²) in [4.78, 5) is 0.618. The van der Waals surface area contributed by atoms with Crippen molar-refractivity contribution >= 4 is 27.2 Å². The third kappa shape index (κ3) is 4.26. The van der Waals surface area contributed by atoms with Crippen molar-refractivity contribution in [1.82, 2.24) is 4.31 Å². The number of nitrogens with zero attached hydrogens (tertiary/aromatic N) is 1. The molecule has 0 bridgehead atoms. The zero-order chi connectivity index (χ0) is 15.3. The van der Waals surface area contributed by atoms with E-state index in [4.69, 9.17) is 18.0 Å². The lowest BCUT2D eigenvalue weighted by atomic mass is 10.1. The molecule has 0 saturated carbocycles. The van der Waals surface area contributed by atoms with E-state index in [0.717, 1.165) is 18.4 Å². The Bertz CT molecular complexity index is 553. The second-order valence-corrected chi connectivity index (χ2v) is 7.46. The van der Waals surface area contributed by atoms with E-state index in [9.17, 15) is 8.42 Å². The molecular weight excluding hydrogens is 292 g/mol. The number of nitrogens with two attached hydrogens (primary N) is 1. The molecule has 0 spiro atoms. The van der Waals surface area contributed by atoms with E-state index < -0.39 is 10.0 Å². The van der Waals surface area contributed by atoms with Crippen LogP contribution in [-0.2, 0) is 16.4 Å². The van der Waals surface area contributed by atoms with Gasteiger partial charge in [0.25, 0.3) is 0 Å². The number of sulfonamides is 1. The first-order valence-electron chi connectivity index (χ1n) is 6.64. The van der Waals surface area contributed by atoms with Gasteiger partial charge in [0.1, 0.15) is 0 Å². The van der Waals surface area contributed by atoms with Gasteiger partial charge in [-0.15, -0.1) is 0 Å². The molecule has 0 radical (unpaired) electrons. The van der Waals surface area contributed by atoms with Crippen molar-refractivity contribution in [3.63, 3.8) is 0 Å². The molecule has 1 atom stereocenters. The quantitative estimate of drug-likeness (QED) is 0.785. The van der Waals surface area contributed by atoms with Crippen molar-refractivity contribution in [3.8, 4) is 0 Å². The first-order chi connectivity index (χ1) is 9.28. The van der Waals surface area contributed by atoms with Gasteiger partial charge in [0.15, 0.2) is 0 Å². The Balaban J connectivity index is 2.94. The standard InChI is InChI=1S/C14H22N2O2S2/c1-4-5-12-6-8-13(9-7-12)20(17,18)16(3)11(2)10-14(15)19/h6-9,11H,4-5,10H2,1-3H3,(H2,15,19). The maximum absolute atomic E-state index is 12.5. The minimum Gasteiger partial charge on any atom is -0.393 e. The number of rotatable bonds is 7. The molecule has 2 N–H and O–H groups in total. The summed E-state index contributed by atoms with van der Waals surface area (Å²) in [5.74, 6) is 0. The number of benzene rings is 1. The zero-order valence-electron chi connectivity index (χ0n) is 12.2. The molecule has 6 heteroatoms. The Kier molecular flexibility index (Phi) is 6.10. The van der Waals surface area contributed by atoms with E-state index in [1.807, 2.05) is 12.1 Å². The number of hydrogen-bond acceptors (Lipinski definition) is 3. The number of thiocarbonyl (C=S) groups is 1. The van der Waals surface area contributed by atoms with E-state index >= 15 is 0 Å². The van der Waals surface area contributed by atoms with E-state index in [-0.39, 0.29) is 6.04 Å². The Labute approximate surface area is 127 Å². The van der Waals surface area contributed by atoms with Crippen LogP contribution >= 0.6 is 12.2 Å². The zero-order valence-corrected chi connectivity index (χ0v) is 13.8. The van der Waals surface area contributed by atoms with Crippen molar-refractivity contribution in [3.05, 3.63) is 29.8 Å². The topological polar surface area (TPSA) is 63.4 Å². The fourth-order valence-electron chi connectivity index (χ4n) is 1.94. The van der Waals surface area contributed by atoms with Crippen molar-refractivity contribution in [2.24, 2.45) is 5.73 Å². The average Bonchev–Trinajstić information content (AvgIpc) is 2.38. The highest BCUT2D eigenvalue weighted by molar-refractivity contribution is 7.89.